The molecule has 0 radical (unpaired) electrons. The van der Waals surface area contributed by atoms with Gasteiger partial charge in [-0.05, 0) is 37.5 Å². The Kier molecular flexibility index (Phi) is 4.26. The summed E-state index contributed by atoms with van der Waals surface area (Å²) >= 11 is 0. The van der Waals surface area contributed by atoms with Crippen LogP contribution in [0.25, 0.3) is 0 Å². The minimum Gasteiger partial charge on any atom is -0.398 e. The fraction of sp³-hybridized carbons (Fsp3) is 0.455. The molecular formula is C11H18N2O. The van der Waals surface area contributed by atoms with E-state index < -0.39 is 0 Å². The van der Waals surface area contributed by atoms with Crippen molar-refractivity contribution in [2.45, 2.75) is 19.8 Å². The molecule has 0 saturated carbocycles. The quantitative estimate of drug-likeness (QED) is 0.494. The van der Waals surface area contributed by atoms with Crippen LogP contribution in [0.15, 0.2) is 18.2 Å². The van der Waals surface area contributed by atoms with Crippen molar-refractivity contribution in [3.05, 3.63) is 23.8 Å². The van der Waals surface area contributed by atoms with Gasteiger partial charge in [0, 0.05) is 24.5 Å². The topological polar surface area (TPSA) is 58.3 Å². The first-order chi connectivity index (χ1) is 6.75. The molecule has 3 heteroatoms. The SMILES string of the molecule is Cc1c(N)cccc1NCCCCO. The zero-order valence-corrected chi connectivity index (χ0v) is 8.59. The minimum atomic E-state index is 0.261. The van der Waals surface area contributed by atoms with Crippen molar-refractivity contribution >= 4 is 11.4 Å². The Hall–Kier alpha value is -1.22. The summed E-state index contributed by atoms with van der Waals surface area (Å²) in [6, 6.07) is 5.86. The van der Waals surface area contributed by atoms with Crippen molar-refractivity contribution in [3.8, 4) is 0 Å². The van der Waals surface area contributed by atoms with Gasteiger partial charge in [0.25, 0.3) is 0 Å². The van der Waals surface area contributed by atoms with Crippen LogP contribution in [0.5, 0.6) is 0 Å². The van der Waals surface area contributed by atoms with Crippen LogP contribution < -0.4 is 11.1 Å². The highest BCUT2D eigenvalue weighted by Crippen LogP contribution is 2.20. The van der Waals surface area contributed by atoms with Crippen LogP contribution >= 0.6 is 0 Å². The van der Waals surface area contributed by atoms with Crippen molar-refractivity contribution in [1.29, 1.82) is 0 Å². The summed E-state index contributed by atoms with van der Waals surface area (Å²) in [6.07, 6.45) is 1.82. The minimum absolute atomic E-state index is 0.261. The van der Waals surface area contributed by atoms with E-state index >= 15 is 0 Å². The van der Waals surface area contributed by atoms with E-state index in [0.717, 1.165) is 36.3 Å². The van der Waals surface area contributed by atoms with Gasteiger partial charge in [-0.1, -0.05) is 6.07 Å². The summed E-state index contributed by atoms with van der Waals surface area (Å²) in [5.41, 5.74) is 8.77. The number of nitrogens with two attached hydrogens (primary N) is 1. The van der Waals surface area contributed by atoms with Gasteiger partial charge in [-0.25, -0.2) is 0 Å². The number of anilines is 2. The Bertz CT molecular complexity index is 287. The van der Waals surface area contributed by atoms with Gasteiger partial charge in [0.1, 0.15) is 0 Å². The zero-order valence-electron chi connectivity index (χ0n) is 8.59. The summed E-state index contributed by atoms with van der Waals surface area (Å²) in [5.74, 6) is 0. The van der Waals surface area contributed by atoms with Crippen LogP contribution in [0.2, 0.25) is 0 Å². The van der Waals surface area contributed by atoms with Gasteiger partial charge in [-0.2, -0.15) is 0 Å². The average Bonchev–Trinajstić information content (AvgIpc) is 2.19. The summed E-state index contributed by atoms with van der Waals surface area (Å²) in [4.78, 5) is 0. The van der Waals surface area contributed by atoms with Crippen LogP contribution in [0, 0.1) is 6.92 Å². The van der Waals surface area contributed by atoms with Crippen molar-refractivity contribution in [2.75, 3.05) is 24.2 Å². The van der Waals surface area contributed by atoms with E-state index in [4.69, 9.17) is 10.8 Å². The number of hydrogen-bond acceptors (Lipinski definition) is 3. The zero-order chi connectivity index (χ0) is 10.4. The fourth-order valence-corrected chi connectivity index (χ4v) is 1.30. The average molecular weight is 194 g/mol. The third kappa shape index (κ3) is 2.92. The number of aliphatic hydroxyl groups is 1. The molecular weight excluding hydrogens is 176 g/mol. The summed E-state index contributed by atoms with van der Waals surface area (Å²) in [5, 5.41) is 11.9. The van der Waals surface area contributed by atoms with E-state index in [0.29, 0.717) is 0 Å². The van der Waals surface area contributed by atoms with Crippen LogP contribution in [0.1, 0.15) is 18.4 Å². The molecule has 4 N–H and O–H groups in total. The number of nitrogens with one attached hydrogen (secondary N) is 1. The first-order valence-electron chi connectivity index (χ1n) is 4.95. The van der Waals surface area contributed by atoms with Gasteiger partial charge in [-0.15, -0.1) is 0 Å². The predicted molar refractivity (Wildman–Crippen MR) is 60.4 cm³/mol. The second-order valence-corrected chi connectivity index (χ2v) is 3.38. The van der Waals surface area contributed by atoms with E-state index in [1.54, 1.807) is 0 Å². The third-order valence-corrected chi connectivity index (χ3v) is 2.28. The van der Waals surface area contributed by atoms with E-state index in [9.17, 15) is 0 Å². The van der Waals surface area contributed by atoms with Crippen LogP contribution in [-0.4, -0.2) is 18.3 Å². The maximum absolute atomic E-state index is 8.61. The lowest BCUT2D eigenvalue weighted by Crippen LogP contribution is -2.04. The lowest BCUT2D eigenvalue weighted by Gasteiger charge is -2.10. The maximum Gasteiger partial charge on any atom is 0.0431 e. The molecule has 0 aliphatic carbocycles. The molecule has 1 aromatic rings. The summed E-state index contributed by atoms with van der Waals surface area (Å²) in [7, 11) is 0. The molecule has 3 nitrogen and oxygen atoms in total. The molecule has 0 fully saturated rings. The van der Waals surface area contributed by atoms with E-state index in [-0.39, 0.29) is 6.61 Å². The standard InChI is InChI=1S/C11H18N2O/c1-9-10(12)5-4-6-11(9)13-7-2-3-8-14/h4-6,13-14H,2-3,7-8,12H2,1H3. The predicted octanol–water partition coefficient (Wildman–Crippen LogP) is 1.76. The number of aliphatic hydroxyl groups excluding tert-OH is 1. The molecule has 0 heterocycles. The Morgan fingerprint density at radius 3 is 2.86 bits per heavy atom. The van der Waals surface area contributed by atoms with Crippen molar-refractivity contribution in [3.63, 3.8) is 0 Å². The Morgan fingerprint density at radius 1 is 1.36 bits per heavy atom. The van der Waals surface area contributed by atoms with Crippen LogP contribution in [0.4, 0.5) is 11.4 Å². The Morgan fingerprint density at radius 2 is 2.14 bits per heavy atom. The molecule has 0 atom stereocenters. The number of unbranched alkanes of at least 4 members (excludes halogenated alkanes) is 1. The Balaban J connectivity index is 2.46. The number of benzene rings is 1. The Labute approximate surface area is 84.9 Å². The summed E-state index contributed by atoms with van der Waals surface area (Å²) in [6.45, 7) is 3.14. The molecule has 0 unspecified atom stereocenters. The van der Waals surface area contributed by atoms with Crippen LogP contribution in [0.3, 0.4) is 0 Å². The molecule has 0 saturated heterocycles. The smallest absolute Gasteiger partial charge is 0.0431 e. The maximum atomic E-state index is 8.61. The lowest BCUT2D eigenvalue weighted by molar-refractivity contribution is 0.286. The van der Waals surface area contributed by atoms with Gasteiger partial charge >= 0.3 is 0 Å². The highest BCUT2D eigenvalue weighted by atomic mass is 16.2. The first-order valence-corrected chi connectivity index (χ1v) is 4.95. The second kappa shape index (κ2) is 5.50. The molecule has 0 aliphatic heterocycles. The molecule has 1 aromatic carbocycles. The van der Waals surface area contributed by atoms with Gasteiger partial charge in [0.2, 0.25) is 0 Å². The lowest BCUT2D eigenvalue weighted by atomic mass is 10.1. The van der Waals surface area contributed by atoms with Crippen molar-refractivity contribution in [2.24, 2.45) is 0 Å². The van der Waals surface area contributed by atoms with Gasteiger partial charge < -0.3 is 16.2 Å². The molecule has 0 bridgehead atoms. The van der Waals surface area contributed by atoms with Gasteiger partial charge in [0.15, 0.2) is 0 Å². The highest BCUT2D eigenvalue weighted by Gasteiger charge is 1.99. The molecule has 1 rings (SSSR count). The largest absolute Gasteiger partial charge is 0.398 e. The number of nitrogen functional groups attached to an aromatic ring is 1. The number of rotatable bonds is 5. The molecule has 14 heavy (non-hydrogen) atoms. The van der Waals surface area contributed by atoms with Gasteiger partial charge in [0.05, 0.1) is 0 Å². The molecule has 0 aliphatic rings. The fourth-order valence-electron chi connectivity index (χ4n) is 1.30. The van der Waals surface area contributed by atoms with Crippen LogP contribution in [-0.2, 0) is 0 Å². The highest BCUT2D eigenvalue weighted by molar-refractivity contribution is 5.62. The van der Waals surface area contributed by atoms with Crippen molar-refractivity contribution < 1.29 is 5.11 Å². The molecule has 0 amide bonds. The van der Waals surface area contributed by atoms with Crippen molar-refractivity contribution in [1.82, 2.24) is 0 Å². The van der Waals surface area contributed by atoms with Gasteiger partial charge in [-0.3, -0.25) is 0 Å². The number of hydrogen-bond donors (Lipinski definition) is 3. The molecule has 78 valence electrons. The molecule has 0 spiro atoms. The third-order valence-electron chi connectivity index (χ3n) is 2.28. The second-order valence-electron chi connectivity index (χ2n) is 3.38. The van der Waals surface area contributed by atoms with E-state index in [1.165, 1.54) is 0 Å². The molecule has 0 aromatic heterocycles. The first kappa shape index (κ1) is 10.9. The summed E-state index contributed by atoms with van der Waals surface area (Å²) < 4.78 is 0. The normalized spacial score (nSPS) is 10.1. The van der Waals surface area contributed by atoms with E-state index in [1.807, 2.05) is 25.1 Å². The van der Waals surface area contributed by atoms with E-state index in [2.05, 4.69) is 5.32 Å². The monoisotopic (exact) mass is 194 g/mol.